The van der Waals surface area contributed by atoms with E-state index in [1.54, 1.807) is 48.4 Å². The number of aromatic nitrogens is 5. The van der Waals surface area contributed by atoms with Gasteiger partial charge in [0, 0.05) is 30.5 Å². The molecule has 0 unspecified atom stereocenters. The monoisotopic (exact) mass is 531 g/mol. The van der Waals surface area contributed by atoms with Crippen LogP contribution in [0.25, 0.3) is 16.7 Å². The summed E-state index contributed by atoms with van der Waals surface area (Å²) < 4.78 is 22.3. The number of halogens is 2. The van der Waals surface area contributed by atoms with Crippen LogP contribution in [-0.2, 0) is 11.8 Å². The van der Waals surface area contributed by atoms with E-state index in [1.165, 1.54) is 29.0 Å². The average molecular weight is 532 g/mol. The molecule has 0 aliphatic rings. The fourth-order valence-electron chi connectivity index (χ4n) is 3.65. The maximum absolute atomic E-state index is 13.8. The molecule has 2 aromatic carbocycles. The van der Waals surface area contributed by atoms with Gasteiger partial charge in [-0.2, -0.15) is 10.1 Å². The topological polar surface area (TPSA) is 116 Å². The number of carbonyl (C=O) groups excluding carboxylic acids is 1. The Morgan fingerprint density at radius 2 is 1.97 bits per heavy atom. The molecule has 0 spiro atoms. The predicted octanol–water partition coefficient (Wildman–Crippen LogP) is 4.97. The van der Waals surface area contributed by atoms with Gasteiger partial charge in [0.05, 0.1) is 22.6 Å². The lowest BCUT2D eigenvalue weighted by molar-refractivity contribution is -0.111. The Morgan fingerprint density at radius 3 is 2.71 bits per heavy atom. The number of nitrogens with one attached hydrogen (secondary N) is 2. The number of benzene rings is 2. The van der Waals surface area contributed by atoms with Gasteiger partial charge in [0.2, 0.25) is 11.9 Å². The number of hydrogen-bond donors (Lipinski definition) is 2. The second-order valence-electron chi connectivity index (χ2n) is 8.07. The average Bonchev–Trinajstić information content (AvgIpc) is 3.30. The van der Waals surface area contributed by atoms with Crippen molar-refractivity contribution in [3.63, 3.8) is 0 Å². The Hall–Kier alpha value is -5.03. The molecule has 0 radical (unpaired) electrons. The Bertz CT molecular complexity index is 1770. The minimum absolute atomic E-state index is 0.00236. The first-order valence-corrected chi connectivity index (χ1v) is 11.5. The molecule has 2 N–H and O–H groups in total. The molecular weight excluding hydrogens is 513 g/mol. The number of rotatable bonds is 7. The first-order chi connectivity index (χ1) is 18.3. The number of fused-ring (bicyclic) bond motifs is 1. The highest BCUT2D eigenvalue weighted by atomic mass is 35.5. The quantitative estimate of drug-likeness (QED) is 0.285. The van der Waals surface area contributed by atoms with Crippen molar-refractivity contribution in [1.29, 1.82) is 0 Å². The van der Waals surface area contributed by atoms with Crippen LogP contribution in [0.2, 0.25) is 5.02 Å². The van der Waals surface area contributed by atoms with Gasteiger partial charge >= 0.3 is 0 Å². The van der Waals surface area contributed by atoms with Crippen molar-refractivity contribution in [2.45, 2.75) is 0 Å². The maximum atomic E-state index is 13.8. The van der Waals surface area contributed by atoms with Gasteiger partial charge in [-0.05, 0) is 48.5 Å². The zero-order valence-corrected chi connectivity index (χ0v) is 20.6. The summed E-state index contributed by atoms with van der Waals surface area (Å²) in [6.07, 6.45) is 6.02. The third-order valence-corrected chi connectivity index (χ3v) is 5.64. The van der Waals surface area contributed by atoms with Crippen LogP contribution in [0.3, 0.4) is 0 Å². The van der Waals surface area contributed by atoms with Gasteiger partial charge in [-0.25, -0.2) is 9.37 Å². The van der Waals surface area contributed by atoms with Crippen LogP contribution in [0.15, 0.2) is 84.6 Å². The van der Waals surface area contributed by atoms with Crippen LogP contribution in [-0.4, -0.2) is 30.2 Å². The SMILES string of the molecule is C=CC(=O)Nc1cccc(-n2c(=O)c(Oc3ccc(F)cc3Cl)cc3cnc(Nc4cnn(C)c4)nc32)c1. The summed E-state index contributed by atoms with van der Waals surface area (Å²) in [5, 5.41) is 10.3. The van der Waals surface area contributed by atoms with E-state index >= 15 is 0 Å². The van der Waals surface area contributed by atoms with Crippen LogP contribution in [0, 0.1) is 5.82 Å². The second-order valence-corrected chi connectivity index (χ2v) is 8.48. The Kier molecular flexibility index (Phi) is 6.58. The largest absolute Gasteiger partial charge is 0.450 e. The molecule has 12 heteroatoms. The summed E-state index contributed by atoms with van der Waals surface area (Å²) in [4.78, 5) is 34.5. The summed E-state index contributed by atoms with van der Waals surface area (Å²) in [5.74, 6) is -0.724. The van der Waals surface area contributed by atoms with Crippen molar-refractivity contribution in [1.82, 2.24) is 24.3 Å². The summed E-state index contributed by atoms with van der Waals surface area (Å²) in [5.41, 5.74) is 1.17. The molecule has 0 fully saturated rings. The third-order valence-electron chi connectivity index (χ3n) is 5.34. The molecule has 0 aliphatic heterocycles. The van der Waals surface area contributed by atoms with Gasteiger partial charge < -0.3 is 15.4 Å². The van der Waals surface area contributed by atoms with E-state index in [0.717, 1.165) is 12.1 Å². The molecule has 1 amide bonds. The van der Waals surface area contributed by atoms with Crippen molar-refractivity contribution >= 4 is 45.9 Å². The summed E-state index contributed by atoms with van der Waals surface area (Å²) in [6, 6.07) is 11.7. The van der Waals surface area contributed by atoms with Gasteiger partial charge in [0.15, 0.2) is 11.4 Å². The highest BCUT2D eigenvalue weighted by molar-refractivity contribution is 6.32. The zero-order valence-electron chi connectivity index (χ0n) is 19.9. The number of pyridine rings is 1. The van der Waals surface area contributed by atoms with Crippen LogP contribution in [0.4, 0.5) is 21.7 Å². The molecule has 0 saturated carbocycles. The molecule has 10 nitrogen and oxygen atoms in total. The number of nitrogens with zero attached hydrogens (tertiary/aromatic N) is 5. The second kappa shape index (κ2) is 10.1. The van der Waals surface area contributed by atoms with E-state index in [2.05, 4.69) is 32.3 Å². The highest BCUT2D eigenvalue weighted by Crippen LogP contribution is 2.30. The molecule has 3 aromatic heterocycles. The number of hydrogen-bond acceptors (Lipinski definition) is 7. The van der Waals surface area contributed by atoms with Crippen LogP contribution in [0.5, 0.6) is 11.5 Å². The van der Waals surface area contributed by atoms with Crippen molar-refractivity contribution < 1.29 is 13.9 Å². The van der Waals surface area contributed by atoms with E-state index in [9.17, 15) is 14.0 Å². The molecule has 190 valence electrons. The van der Waals surface area contributed by atoms with Gasteiger partial charge in [0.25, 0.3) is 5.56 Å². The molecule has 3 heterocycles. The third kappa shape index (κ3) is 5.08. The highest BCUT2D eigenvalue weighted by Gasteiger charge is 2.17. The van der Waals surface area contributed by atoms with E-state index in [-0.39, 0.29) is 28.1 Å². The van der Waals surface area contributed by atoms with Crippen molar-refractivity contribution in [3.8, 4) is 17.2 Å². The number of anilines is 3. The fourth-order valence-corrected chi connectivity index (χ4v) is 3.86. The van der Waals surface area contributed by atoms with Crippen molar-refractivity contribution in [2.75, 3.05) is 10.6 Å². The smallest absolute Gasteiger partial charge is 0.299 e. The number of amides is 1. The summed E-state index contributed by atoms with van der Waals surface area (Å²) in [6.45, 7) is 3.45. The molecule has 0 bridgehead atoms. The zero-order chi connectivity index (χ0) is 26.8. The summed E-state index contributed by atoms with van der Waals surface area (Å²) >= 11 is 6.13. The van der Waals surface area contributed by atoms with E-state index in [4.69, 9.17) is 16.3 Å². The lowest BCUT2D eigenvalue weighted by atomic mass is 10.2. The number of carbonyl (C=O) groups is 1. The Balaban J connectivity index is 1.67. The van der Waals surface area contributed by atoms with E-state index < -0.39 is 17.3 Å². The fraction of sp³-hybridized carbons (Fsp3) is 0.0385. The van der Waals surface area contributed by atoms with Gasteiger partial charge in [-0.15, -0.1) is 0 Å². The minimum atomic E-state index is -0.573. The van der Waals surface area contributed by atoms with Gasteiger partial charge in [-0.3, -0.25) is 18.8 Å². The number of ether oxygens (including phenoxy) is 1. The Morgan fingerprint density at radius 1 is 1.13 bits per heavy atom. The van der Waals surface area contributed by atoms with Crippen molar-refractivity contribution in [3.05, 3.63) is 101 Å². The minimum Gasteiger partial charge on any atom is -0.450 e. The summed E-state index contributed by atoms with van der Waals surface area (Å²) in [7, 11) is 1.77. The first-order valence-electron chi connectivity index (χ1n) is 11.2. The molecule has 38 heavy (non-hydrogen) atoms. The van der Waals surface area contributed by atoms with Crippen molar-refractivity contribution in [2.24, 2.45) is 7.05 Å². The Labute approximate surface area is 220 Å². The number of aryl methyl sites for hydroxylation is 1. The molecular formula is C26H19ClFN7O3. The molecule has 5 aromatic rings. The molecule has 0 saturated heterocycles. The molecule has 0 aliphatic carbocycles. The van der Waals surface area contributed by atoms with Crippen LogP contribution >= 0.6 is 11.6 Å². The van der Waals surface area contributed by atoms with E-state index in [0.29, 0.717) is 22.4 Å². The van der Waals surface area contributed by atoms with E-state index in [1.807, 2.05) is 0 Å². The lowest BCUT2D eigenvalue weighted by Crippen LogP contribution is -2.21. The van der Waals surface area contributed by atoms with Crippen LogP contribution < -0.4 is 20.9 Å². The van der Waals surface area contributed by atoms with Gasteiger partial charge in [0.1, 0.15) is 11.6 Å². The molecule has 5 rings (SSSR count). The predicted molar refractivity (Wildman–Crippen MR) is 142 cm³/mol. The maximum Gasteiger partial charge on any atom is 0.299 e. The first kappa shape index (κ1) is 24.7. The lowest BCUT2D eigenvalue weighted by Gasteiger charge is -2.15. The molecule has 0 atom stereocenters. The standard InChI is InChI=1S/C26H19ClFN7O3/c1-3-23(36)31-17-5-4-6-19(11-17)35-24-15(12-29-26(33-24)32-18-13-30-34(2)14-18)9-22(25(35)37)38-21-8-7-16(28)10-20(21)27/h3-14H,1H2,2H3,(H,31,36)(H,29,32,33). The normalized spacial score (nSPS) is 10.8. The van der Waals surface area contributed by atoms with Gasteiger partial charge in [-0.1, -0.05) is 24.2 Å². The van der Waals surface area contributed by atoms with Crippen LogP contribution in [0.1, 0.15) is 0 Å².